The lowest BCUT2D eigenvalue weighted by molar-refractivity contribution is 0.827. The lowest BCUT2D eigenvalue weighted by atomic mass is 10.1. The number of aromatic nitrogens is 1. The second-order valence-corrected chi connectivity index (χ2v) is 6.96. The Bertz CT molecular complexity index is 1200. The molecule has 0 saturated carbocycles. The van der Waals surface area contributed by atoms with Crippen molar-refractivity contribution in [3.8, 4) is 0 Å². The first kappa shape index (κ1) is 18.1. The van der Waals surface area contributed by atoms with Crippen molar-refractivity contribution in [3.05, 3.63) is 83.9 Å². The summed E-state index contributed by atoms with van der Waals surface area (Å²) in [6.45, 7) is 11.1. The van der Waals surface area contributed by atoms with Crippen LogP contribution in [0, 0.1) is 6.92 Å². The average Bonchev–Trinajstić information content (AvgIpc) is 3.04. The van der Waals surface area contributed by atoms with E-state index in [1.807, 2.05) is 11.9 Å². The molecule has 28 heavy (non-hydrogen) atoms. The molecular weight excluding hydrogens is 342 g/mol. The molecule has 0 N–H and O–H groups in total. The summed E-state index contributed by atoms with van der Waals surface area (Å²) < 4.78 is 2.36. The molecule has 3 heteroatoms. The van der Waals surface area contributed by atoms with Gasteiger partial charge in [-0.2, -0.15) is 5.10 Å². The molecule has 0 spiro atoms. The van der Waals surface area contributed by atoms with Gasteiger partial charge >= 0.3 is 0 Å². The zero-order chi connectivity index (χ0) is 19.7. The van der Waals surface area contributed by atoms with Gasteiger partial charge in [-0.05, 0) is 51.1 Å². The minimum absolute atomic E-state index is 0.941. The minimum Gasteiger partial charge on any atom is -0.341 e. The van der Waals surface area contributed by atoms with Crippen molar-refractivity contribution in [2.45, 2.75) is 27.3 Å². The first-order chi connectivity index (χ1) is 13.7. The highest BCUT2D eigenvalue weighted by atomic mass is 15.5. The van der Waals surface area contributed by atoms with E-state index < -0.39 is 0 Å². The number of rotatable bonds is 5. The van der Waals surface area contributed by atoms with E-state index in [9.17, 15) is 0 Å². The van der Waals surface area contributed by atoms with E-state index in [-0.39, 0.29) is 0 Å². The highest BCUT2D eigenvalue weighted by Crippen LogP contribution is 2.34. The Balaban J connectivity index is 1.89. The van der Waals surface area contributed by atoms with Crippen molar-refractivity contribution in [2.24, 2.45) is 5.10 Å². The van der Waals surface area contributed by atoms with Crippen LogP contribution in [0.2, 0.25) is 0 Å². The van der Waals surface area contributed by atoms with E-state index in [0.29, 0.717) is 0 Å². The van der Waals surface area contributed by atoms with E-state index in [2.05, 4.69) is 103 Å². The molecular formula is C25H25N3. The third-order valence-corrected chi connectivity index (χ3v) is 5.27. The van der Waals surface area contributed by atoms with E-state index in [1.165, 1.54) is 27.4 Å². The van der Waals surface area contributed by atoms with Gasteiger partial charge in [-0.25, -0.2) is 5.01 Å². The molecule has 4 aromatic rings. The number of anilines is 1. The number of fused-ring (bicyclic) bond motifs is 3. The molecule has 0 aliphatic carbocycles. The molecule has 0 atom stereocenters. The van der Waals surface area contributed by atoms with Crippen LogP contribution < -0.4 is 5.01 Å². The molecule has 0 bridgehead atoms. The van der Waals surface area contributed by atoms with E-state index >= 15 is 0 Å². The normalized spacial score (nSPS) is 11.9. The minimum atomic E-state index is 0.941. The van der Waals surface area contributed by atoms with Gasteiger partial charge in [0.2, 0.25) is 0 Å². The van der Waals surface area contributed by atoms with Crippen LogP contribution in [-0.4, -0.2) is 11.3 Å². The fraction of sp³-hybridized carbons (Fsp3) is 0.160. The summed E-state index contributed by atoms with van der Waals surface area (Å²) in [4.78, 5) is 0. The Labute approximate surface area is 166 Å². The number of para-hydroxylation sites is 1. The van der Waals surface area contributed by atoms with Gasteiger partial charge < -0.3 is 4.57 Å². The van der Waals surface area contributed by atoms with Gasteiger partial charge in [0.1, 0.15) is 0 Å². The summed E-state index contributed by atoms with van der Waals surface area (Å²) in [5, 5.41) is 8.79. The predicted octanol–water partition coefficient (Wildman–Crippen LogP) is 6.61. The van der Waals surface area contributed by atoms with Gasteiger partial charge in [0, 0.05) is 40.6 Å². The Morgan fingerprint density at radius 1 is 1.00 bits per heavy atom. The van der Waals surface area contributed by atoms with Crippen molar-refractivity contribution >= 4 is 39.9 Å². The fourth-order valence-electron chi connectivity index (χ4n) is 4.03. The van der Waals surface area contributed by atoms with Crippen LogP contribution >= 0.6 is 0 Å². The Morgan fingerprint density at radius 2 is 1.79 bits per heavy atom. The van der Waals surface area contributed by atoms with Crippen molar-refractivity contribution < 1.29 is 0 Å². The quantitative estimate of drug-likeness (QED) is 0.287. The molecule has 0 aliphatic rings. The van der Waals surface area contributed by atoms with Gasteiger partial charge in [-0.15, -0.1) is 0 Å². The molecule has 3 aromatic carbocycles. The van der Waals surface area contributed by atoms with Crippen LogP contribution in [0.3, 0.4) is 0 Å². The Hall–Kier alpha value is -3.33. The molecule has 0 unspecified atom stereocenters. The second kappa shape index (κ2) is 7.35. The molecule has 140 valence electrons. The van der Waals surface area contributed by atoms with E-state index in [4.69, 9.17) is 0 Å². The Kier molecular flexibility index (Phi) is 4.74. The summed E-state index contributed by atoms with van der Waals surface area (Å²) in [5.74, 6) is 0. The summed E-state index contributed by atoms with van der Waals surface area (Å²) in [6.07, 6.45) is 2.09. The van der Waals surface area contributed by atoms with Crippen LogP contribution in [0.1, 0.15) is 25.0 Å². The van der Waals surface area contributed by atoms with Gasteiger partial charge in [0.25, 0.3) is 0 Å². The molecule has 3 nitrogen and oxygen atoms in total. The maximum atomic E-state index is 4.36. The number of hydrogen-bond donors (Lipinski definition) is 0. The van der Waals surface area contributed by atoms with Crippen LogP contribution in [0.4, 0.5) is 5.69 Å². The lowest BCUT2D eigenvalue weighted by Gasteiger charge is -2.22. The molecule has 0 amide bonds. The summed E-state index contributed by atoms with van der Waals surface area (Å²) in [7, 11) is 0. The monoisotopic (exact) mass is 367 g/mol. The Morgan fingerprint density at radius 3 is 2.50 bits per heavy atom. The first-order valence-corrected chi connectivity index (χ1v) is 9.69. The van der Waals surface area contributed by atoms with Crippen molar-refractivity contribution in [1.29, 1.82) is 0 Å². The zero-order valence-electron chi connectivity index (χ0n) is 16.7. The van der Waals surface area contributed by atoms with Gasteiger partial charge in [0.15, 0.2) is 0 Å². The van der Waals surface area contributed by atoms with Gasteiger partial charge in [-0.3, -0.25) is 0 Å². The topological polar surface area (TPSA) is 20.5 Å². The van der Waals surface area contributed by atoms with Crippen LogP contribution in [0.5, 0.6) is 0 Å². The zero-order valence-corrected chi connectivity index (χ0v) is 16.7. The molecule has 0 radical (unpaired) electrons. The number of hydrogen-bond acceptors (Lipinski definition) is 2. The van der Waals surface area contributed by atoms with Gasteiger partial charge in [-0.1, -0.05) is 48.0 Å². The summed E-state index contributed by atoms with van der Waals surface area (Å²) in [5.41, 5.74) is 6.90. The fourth-order valence-corrected chi connectivity index (χ4v) is 4.03. The third kappa shape index (κ3) is 2.89. The standard InChI is InChI=1S/C25H25N3/c1-5-23(19-11-9-10-18(3)16-19)28(26-4)20-14-15-25-22(17-20)21-12-7-8-13-24(21)27(25)6-2/h5,7-17H,4,6H2,1-3H3/b23-5-. The maximum Gasteiger partial charge on any atom is 0.0682 e. The van der Waals surface area contributed by atoms with E-state index in [1.54, 1.807) is 0 Å². The largest absolute Gasteiger partial charge is 0.341 e. The van der Waals surface area contributed by atoms with E-state index in [0.717, 1.165) is 23.5 Å². The summed E-state index contributed by atoms with van der Waals surface area (Å²) in [6, 6.07) is 23.6. The predicted molar refractivity (Wildman–Crippen MR) is 122 cm³/mol. The number of benzene rings is 3. The van der Waals surface area contributed by atoms with Crippen molar-refractivity contribution in [1.82, 2.24) is 4.57 Å². The first-order valence-electron chi connectivity index (χ1n) is 9.69. The average molecular weight is 367 g/mol. The maximum absolute atomic E-state index is 4.36. The molecule has 4 rings (SSSR count). The number of allylic oxidation sites excluding steroid dienone is 1. The molecule has 1 heterocycles. The SMILES string of the molecule is C=NN(/C(=C\C)c1cccc(C)c1)c1ccc2c(c1)c1ccccc1n2CC. The van der Waals surface area contributed by atoms with Crippen LogP contribution in [0.25, 0.3) is 27.5 Å². The summed E-state index contributed by atoms with van der Waals surface area (Å²) >= 11 is 0. The van der Waals surface area contributed by atoms with Crippen molar-refractivity contribution in [3.63, 3.8) is 0 Å². The number of aryl methyl sites for hydroxylation is 2. The van der Waals surface area contributed by atoms with Gasteiger partial charge in [0.05, 0.1) is 11.4 Å². The molecule has 0 aliphatic heterocycles. The molecule has 1 aromatic heterocycles. The smallest absolute Gasteiger partial charge is 0.0682 e. The second-order valence-electron chi connectivity index (χ2n) is 6.96. The number of hydrazone groups is 1. The lowest BCUT2D eigenvalue weighted by Crippen LogP contribution is -2.14. The highest BCUT2D eigenvalue weighted by molar-refractivity contribution is 6.09. The van der Waals surface area contributed by atoms with Crippen LogP contribution in [-0.2, 0) is 6.54 Å². The number of nitrogens with zero attached hydrogens (tertiary/aromatic N) is 3. The van der Waals surface area contributed by atoms with Crippen LogP contribution in [0.15, 0.2) is 77.9 Å². The third-order valence-electron chi connectivity index (χ3n) is 5.27. The highest BCUT2D eigenvalue weighted by Gasteiger charge is 2.15. The molecule has 0 saturated heterocycles. The molecule has 0 fully saturated rings. The van der Waals surface area contributed by atoms with Crippen molar-refractivity contribution in [2.75, 3.05) is 5.01 Å².